The first-order chi connectivity index (χ1) is 7.22. The Hall–Kier alpha value is -1.01. The number of nitrogens with zero attached hydrogens (tertiary/aromatic N) is 3. The Morgan fingerprint density at radius 1 is 1.67 bits per heavy atom. The van der Waals surface area contributed by atoms with E-state index < -0.39 is 0 Å². The summed E-state index contributed by atoms with van der Waals surface area (Å²) in [7, 11) is 0. The molecule has 7 heteroatoms. The number of alkyl halides is 1. The van der Waals surface area contributed by atoms with Gasteiger partial charge in [0.1, 0.15) is 10.9 Å². The minimum absolute atomic E-state index is 0.260. The second kappa shape index (κ2) is 4.24. The molecule has 0 atom stereocenters. The fourth-order valence-corrected chi connectivity index (χ4v) is 2.19. The van der Waals surface area contributed by atoms with Gasteiger partial charge in [0.25, 0.3) is 0 Å². The van der Waals surface area contributed by atoms with Crippen molar-refractivity contribution < 1.29 is 0 Å². The highest BCUT2D eigenvalue weighted by atomic mass is 35.5. The summed E-state index contributed by atoms with van der Waals surface area (Å²) in [6, 6.07) is 1.77. The van der Waals surface area contributed by atoms with Gasteiger partial charge in [-0.1, -0.05) is 0 Å². The minimum atomic E-state index is -0.260. The summed E-state index contributed by atoms with van der Waals surface area (Å²) in [5, 5.41) is 7.10. The summed E-state index contributed by atoms with van der Waals surface area (Å²) in [6.07, 6.45) is 0. The SMILES string of the molecule is Cc1nc(SCCCl)cc2n[nH]c(=O)n12. The molecule has 0 bridgehead atoms. The number of fused-ring (bicyclic) bond motifs is 1. The van der Waals surface area contributed by atoms with Crippen molar-refractivity contribution in [2.24, 2.45) is 0 Å². The topological polar surface area (TPSA) is 63.0 Å². The minimum Gasteiger partial charge on any atom is -0.246 e. The van der Waals surface area contributed by atoms with Crippen molar-refractivity contribution in [3.05, 3.63) is 22.4 Å². The molecule has 0 unspecified atom stereocenters. The highest BCUT2D eigenvalue weighted by Gasteiger charge is 2.06. The molecule has 2 aromatic rings. The predicted molar refractivity (Wildman–Crippen MR) is 59.8 cm³/mol. The van der Waals surface area contributed by atoms with E-state index in [0.29, 0.717) is 17.4 Å². The van der Waals surface area contributed by atoms with Crippen molar-refractivity contribution in [2.45, 2.75) is 11.9 Å². The molecule has 80 valence electrons. The van der Waals surface area contributed by atoms with Crippen LogP contribution in [0.25, 0.3) is 5.65 Å². The molecular weight excluding hydrogens is 236 g/mol. The molecule has 0 amide bonds. The van der Waals surface area contributed by atoms with E-state index in [9.17, 15) is 4.79 Å². The Morgan fingerprint density at radius 2 is 2.47 bits per heavy atom. The molecule has 1 N–H and O–H groups in total. The number of aromatic amines is 1. The van der Waals surface area contributed by atoms with E-state index in [1.807, 2.05) is 0 Å². The number of hydrogen-bond donors (Lipinski definition) is 1. The summed E-state index contributed by atoms with van der Waals surface area (Å²) in [5.41, 5.74) is 0.327. The van der Waals surface area contributed by atoms with Gasteiger partial charge in [-0.05, 0) is 6.92 Å². The van der Waals surface area contributed by atoms with Crippen LogP contribution >= 0.6 is 23.4 Å². The normalized spacial score (nSPS) is 11.1. The molecule has 0 radical (unpaired) electrons. The molecule has 0 aliphatic carbocycles. The van der Waals surface area contributed by atoms with Gasteiger partial charge in [0.2, 0.25) is 0 Å². The van der Waals surface area contributed by atoms with Gasteiger partial charge in [-0.25, -0.2) is 19.3 Å². The highest BCUT2D eigenvalue weighted by Crippen LogP contribution is 2.16. The molecule has 0 fully saturated rings. The Labute approximate surface area is 94.9 Å². The van der Waals surface area contributed by atoms with Crippen LogP contribution < -0.4 is 5.69 Å². The average Bonchev–Trinajstić information content (AvgIpc) is 2.58. The maximum atomic E-state index is 11.3. The standard InChI is InChI=1S/C8H9ClN4OS/c1-5-10-7(15-3-2-9)4-6-11-12-8(14)13(5)6/h4H,2-3H2,1H3,(H,12,14). The van der Waals surface area contributed by atoms with Crippen LogP contribution in [0.4, 0.5) is 0 Å². The molecule has 0 aromatic carbocycles. The second-order valence-electron chi connectivity index (χ2n) is 2.90. The molecule has 0 saturated carbocycles. The lowest BCUT2D eigenvalue weighted by atomic mass is 10.5. The number of H-pyrrole nitrogens is 1. The van der Waals surface area contributed by atoms with Crippen LogP contribution in [-0.2, 0) is 0 Å². The highest BCUT2D eigenvalue weighted by molar-refractivity contribution is 7.99. The van der Waals surface area contributed by atoms with E-state index >= 15 is 0 Å². The average molecular weight is 245 g/mol. The van der Waals surface area contributed by atoms with Gasteiger partial charge in [0, 0.05) is 17.7 Å². The number of nitrogens with one attached hydrogen (secondary N) is 1. The smallest absolute Gasteiger partial charge is 0.246 e. The lowest BCUT2D eigenvalue weighted by Gasteiger charge is -2.01. The van der Waals surface area contributed by atoms with Crippen LogP contribution in [0.1, 0.15) is 5.82 Å². The number of thioether (sulfide) groups is 1. The first kappa shape index (κ1) is 10.5. The van der Waals surface area contributed by atoms with E-state index in [1.165, 1.54) is 4.40 Å². The van der Waals surface area contributed by atoms with Crippen LogP contribution in [0.2, 0.25) is 0 Å². The van der Waals surface area contributed by atoms with E-state index in [1.54, 1.807) is 24.8 Å². The third-order valence-corrected chi connectivity index (χ3v) is 3.20. The lowest BCUT2D eigenvalue weighted by Crippen LogP contribution is -2.13. The van der Waals surface area contributed by atoms with Crippen molar-refractivity contribution in [1.29, 1.82) is 0 Å². The van der Waals surface area contributed by atoms with Gasteiger partial charge in [0.05, 0.1) is 0 Å². The van der Waals surface area contributed by atoms with E-state index in [-0.39, 0.29) is 5.69 Å². The molecule has 0 aliphatic rings. The Balaban J connectivity index is 2.49. The molecule has 0 saturated heterocycles. The molecule has 2 rings (SSSR count). The molecule has 0 aliphatic heterocycles. The first-order valence-corrected chi connectivity index (χ1v) is 5.88. The van der Waals surface area contributed by atoms with Crippen molar-refractivity contribution >= 4 is 29.0 Å². The Morgan fingerprint density at radius 3 is 3.20 bits per heavy atom. The third-order valence-electron chi connectivity index (χ3n) is 1.87. The van der Waals surface area contributed by atoms with Gasteiger partial charge in [0.15, 0.2) is 5.65 Å². The molecular formula is C8H9ClN4OS. The van der Waals surface area contributed by atoms with Crippen molar-refractivity contribution in [1.82, 2.24) is 19.6 Å². The van der Waals surface area contributed by atoms with Crippen LogP contribution in [-0.4, -0.2) is 31.2 Å². The van der Waals surface area contributed by atoms with Crippen LogP contribution in [0.5, 0.6) is 0 Å². The fourth-order valence-electron chi connectivity index (χ4n) is 1.29. The Kier molecular flexibility index (Phi) is 2.97. The van der Waals surface area contributed by atoms with E-state index in [4.69, 9.17) is 11.6 Å². The van der Waals surface area contributed by atoms with Crippen LogP contribution in [0.15, 0.2) is 15.9 Å². The number of hydrogen-bond acceptors (Lipinski definition) is 4. The number of halogens is 1. The summed E-state index contributed by atoms with van der Waals surface area (Å²) < 4.78 is 1.44. The monoisotopic (exact) mass is 244 g/mol. The number of aromatic nitrogens is 4. The number of rotatable bonds is 3. The molecule has 2 aromatic heterocycles. The first-order valence-electron chi connectivity index (χ1n) is 4.36. The van der Waals surface area contributed by atoms with Crippen LogP contribution in [0, 0.1) is 6.92 Å². The predicted octanol–water partition coefficient (Wildman–Crippen LogP) is 1.06. The lowest BCUT2D eigenvalue weighted by molar-refractivity contribution is 0.896. The maximum absolute atomic E-state index is 11.3. The largest absolute Gasteiger partial charge is 0.349 e. The van der Waals surface area contributed by atoms with Crippen molar-refractivity contribution in [2.75, 3.05) is 11.6 Å². The van der Waals surface area contributed by atoms with Crippen molar-refractivity contribution in [3.8, 4) is 0 Å². The van der Waals surface area contributed by atoms with Gasteiger partial charge < -0.3 is 0 Å². The van der Waals surface area contributed by atoms with Crippen LogP contribution in [0.3, 0.4) is 0 Å². The number of aryl methyl sites for hydroxylation is 1. The molecule has 15 heavy (non-hydrogen) atoms. The van der Waals surface area contributed by atoms with Crippen molar-refractivity contribution in [3.63, 3.8) is 0 Å². The van der Waals surface area contributed by atoms with E-state index in [2.05, 4.69) is 15.2 Å². The van der Waals surface area contributed by atoms with Gasteiger partial charge in [-0.3, -0.25) is 0 Å². The Bertz CT molecular complexity index is 535. The summed E-state index contributed by atoms with van der Waals surface area (Å²) in [6.45, 7) is 1.77. The fraction of sp³-hybridized carbons (Fsp3) is 0.375. The second-order valence-corrected chi connectivity index (χ2v) is 4.39. The maximum Gasteiger partial charge on any atom is 0.349 e. The van der Waals surface area contributed by atoms with Gasteiger partial charge in [-0.15, -0.1) is 23.4 Å². The van der Waals surface area contributed by atoms with Gasteiger partial charge in [-0.2, -0.15) is 5.10 Å². The molecule has 0 spiro atoms. The molecule has 2 heterocycles. The quantitative estimate of drug-likeness (QED) is 0.498. The summed E-state index contributed by atoms with van der Waals surface area (Å²) >= 11 is 7.13. The molecule has 5 nitrogen and oxygen atoms in total. The van der Waals surface area contributed by atoms with E-state index in [0.717, 1.165) is 10.8 Å². The zero-order valence-corrected chi connectivity index (χ0v) is 9.60. The van der Waals surface area contributed by atoms with Gasteiger partial charge >= 0.3 is 5.69 Å². The third kappa shape index (κ3) is 2.00. The summed E-state index contributed by atoms with van der Waals surface area (Å²) in [4.78, 5) is 15.6. The summed E-state index contributed by atoms with van der Waals surface area (Å²) in [5.74, 6) is 1.99. The zero-order valence-electron chi connectivity index (χ0n) is 8.03. The zero-order chi connectivity index (χ0) is 10.8.